The molecule has 0 aliphatic carbocycles. The fraction of sp³-hybridized carbons (Fsp3) is 0.250. The highest BCUT2D eigenvalue weighted by Gasteiger charge is 2.04. The number of hydrogen-bond donors (Lipinski definition) is 2. The lowest BCUT2D eigenvalue weighted by molar-refractivity contribution is 0.308. The van der Waals surface area contributed by atoms with Crippen LogP contribution in [-0.4, -0.2) is 18.3 Å². The third-order valence-corrected chi connectivity index (χ3v) is 1.97. The van der Waals surface area contributed by atoms with Gasteiger partial charge in [0.25, 0.3) is 0 Å². The highest BCUT2D eigenvalue weighted by Crippen LogP contribution is 2.33. The van der Waals surface area contributed by atoms with E-state index in [-0.39, 0.29) is 5.75 Å². The van der Waals surface area contributed by atoms with Gasteiger partial charge in [-0.1, -0.05) is 6.07 Å². The Hall–Kier alpha value is -0.740. The molecule has 0 saturated carbocycles. The maximum absolute atomic E-state index is 9.41. The molecule has 0 saturated heterocycles. The summed E-state index contributed by atoms with van der Waals surface area (Å²) in [5.74, 6) is 0.570. The maximum atomic E-state index is 9.41. The lowest BCUT2D eigenvalue weighted by Gasteiger charge is -2.06. The van der Waals surface area contributed by atoms with Gasteiger partial charge in [-0.2, -0.15) is 0 Å². The summed E-state index contributed by atoms with van der Waals surface area (Å²) in [6.07, 6.45) is 0. The van der Waals surface area contributed by atoms with Crippen molar-refractivity contribution in [2.24, 2.45) is 5.73 Å². The van der Waals surface area contributed by atoms with Crippen LogP contribution in [0, 0.1) is 0 Å². The summed E-state index contributed by atoms with van der Waals surface area (Å²) >= 11 is 3.18. The molecule has 0 bridgehead atoms. The normalized spacial score (nSPS) is 9.83. The Bertz CT molecular complexity index is 265. The van der Waals surface area contributed by atoms with Gasteiger partial charge in [0.05, 0.1) is 4.47 Å². The second-order valence-electron chi connectivity index (χ2n) is 2.22. The van der Waals surface area contributed by atoms with E-state index in [0.29, 0.717) is 23.4 Å². The van der Waals surface area contributed by atoms with E-state index >= 15 is 0 Å². The van der Waals surface area contributed by atoms with Gasteiger partial charge in [0, 0.05) is 6.54 Å². The molecular formula is C8H10BrNO2. The van der Waals surface area contributed by atoms with Crippen molar-refractivity contribution in [3.8, 4) is 11.5 Å². The topological polar surface area (TPSA) is 55.5 Å². The minimum atomic E-state index is 0.117. The van der Waals surface area contributed by atoms with Crippen molar-refractivity contribution in [3.05, 3.63) is 22.7 Å². The first-order valence-electron chi connectivity index (χ1n) is 3.56. The van der Waals surface area contributed by atoms with Crippen LogP contribution in [0.1, 0.15) is 0 Å². The maximum Gasteiger partial charge on any atom is 0.172 e. The van der Waals surface area contributed by atoms with Crippen LogP contribution in [0.5, 0.6) is 11.5 Å². The second-order valence-corrected chi connectivity index (χ2v) is 3.08. The summed E-state index contributed by atoms with van der Waals surface area (Å²) in [7, 11) is 0. The van der Waals surface area contributed by atoms with Crippen molar-refractivity contribution >= 4 is 15.9 Å². The molecule has 4 heteroatoms. The number of phenolic OH excluding ortho intramolecular Hbond substituents is 1. The van der Waals surface area contributed by atoms with E-state index in [0.717, 1.165) is 0 Å². The Labute approximate surface area is 79.3 Å². The molecule has 3 nitrogen and oxygen atoms in total. The quantitative estimate of drug-likeness (QED) is 0.830. The smallest absolute Gasteiger partial charge is 0.172 e. The summed E-state index contributed by atoms with van der Waals surface area (Å²) in [4.78, 5) is 0. The van der Waals surface area contributed by atoms with Gasteiger partial charge in [-0.25, -0.2) is 0 Å². The number of benzene rings is 1. The Morgan fingerprint density at radius 3 is 2.92 bits per heavy atom. The number of hydrogen-bond acceptors (Lipinski definition) is 3. The highest BCUT2D eigenvalue weighted by molar-refractivity contribution is 9.10. The fourth-order valence-electron chi connectivity index (χ4n) is 0.781. The number of halogens is 1. The van der Waals surface area contributed by atoms with Gasteiger partial charge in [0.1, 0.15) is 6.61 Å². The van der Waals surface area contributed by atoms with Crippen LogP contribution in [0.2, 0.25) is 0 Å². The average molecular weight is 232 g/mol. The van der Waals surface area contributed by atoms with Gasteiger partial charge in [-0.3, -0.25) is 0 Å². The van der Waals surface area contributed by atoms with Gasteiger partial charge < -0.3 is 15.6 Å². The zero-order chi connectivity index (χ0) is 8.97. The van der Waals surface area contributed by atoms with Crippen molar-refractivity contribution < 1.29 is 9.84 Å². The monoisotopic (exact) mass is 231 g/mol. The van der Waals surface area contributed by atoms with Crippen molar-refractivity contribution in [2.45, 2.75) is 0 Å². The van der Waals surface area contributed by atoms with E-state index < -0.39 is 0 Å². The summed E-state index contributed by atoms with van der Waals surface area (Å²) in [5.41, 5.74) is 5.25. The molecule has 0 atom stereocenters. The van der Waals surface area contributed by atoms with Gasteiger partial charge in [-0.15, -0.1) is 0 Å². The van der Waals surface area contributed by atoms with Crippen LogP contribution >= 0.6 is 15.9 Å². The molecular weight excluding hydrogens is 222 g/mol. The minimum absolute atomic E-state index is 0.117. The number of ether oxygens (including phenoxy) is 1. The van der Waals surface area contributed by atoms with E-state index in [1.54, 1.807) is 18.2 Å². The van der Waals surface area contributed by atoms with Crippen molar-refractivity contribution in [2.75, 3.05) is 13.2 Å². The molecule has 0 radical (unpaired) electrons. The van der Waals surface area contributed by atoms with Crippen molar-refractivity contribution in [3.63, 3.8) is 0 Å². The standard InChI is InChI=1S/C8H10BrNO2/c9-6-2-1-3-7(8(6)11)12-5-4-10/h1-3,11H,4-5,10H2. The molecule has 12 heavy (non-hydrogen) atoms. The number of nitrogens with two attached hydrogens (primary N) is 1. The molecule has 66 valence electrons. The molecule has 0 aromatic heterocycles. The van der Waals surface area contributed by atoms with Crippen LogP contribution in [0.3, 0.4) is 0 Å². The zero-order valence-electron chi connectivity index (χ0n) is 6.46. The number of phenols is 1. The predicted molar refractivity (Wildman–Crippen MR) is 50.4 cm³/mol. The lowest BCUT2D eigenvalue weighted by Crippen LogP contribution is -2.10. The summed E-state index contributed by atoms with van der Waals surface area (Å²) in [5, 5.41) is 9.41. The van der Waals surface area contributed by atoms with Crippen molar-refractivity contribution in [1.29, 1.82) is 0 Å². The predicted octanol–water partition coefficient (Wildman–Crippen LogP) is 1.49. The first kappa shape index (κ1) is 9.35. The first-order valence-corrected chi connectivity index (χ1v) is 4.35. The second kappa shape index (κ2) is 4.33. The van der Waals surface area contributed by atoms with Gasteiger partial charge >= 0.3 is 0 Å². The summed E-state index contributed by atoms with van der Waals surface area (Å²) in [6.45, 7) is 0.843. The highest BCUT2D eigenvalue weighted by atomic mass is 79.9. The van der Waals surface area contributed by atoms with Crippen LogP contribution < -0.4 is 10.5 Å². The summed E-state index contributed by atoms with van der Waals surface area (Å²) in [6, 6.07) is 5.22. The molecule has 1 rings (SSSR count). The average Bonchev–Trinajstić information content (AvgIpc) is 2.08. The molecule has 3 N–H and O–H groups in total. The molecule has 0 aliphatic rings. The SMILES string of the molecule is NCCOc1cccc(Br)c1O. The Kier molecular flexibility index (Phi) is 3.37. The molecule has 0 heterocycles. The van der Waals surface area contributed by atoms with Gasteiger partial charge in [0.15, 0.2) is 11.5 Å². The lowest BCUT2D eigenvalue weighted by atomic mass is 10.3. The Morgan fingerprint density at radius 1 is 1.50 bits per heavy atom. The van der Waals surface area contributed by atoms with E-state index in [1.807, 2.05) is 0 Å². The van der Waals surface area contributed by atoms with Crippen molar-refractivity contribution in [1.82, 2.24) is 0 Å². The Morgan fingerprint density at radius 2 is 2.25 bits per heavy atom. The number of rotatable bonds is 3. The van der Waals surface area contributed by atoms with Crippen LogP contribution in [0.4, 0.5) is 0 Å². The van der Waals surface area contributed by atoms with E-state index in [4.69, 9.17) is 10.5 Å². The van der Waals surface area contributed by atoms with E-state index in [9.17, 15) is 5.11 Å². The summed E-state index contributed by atoms with van der Waals surface area (Å²) < 4.78 is 5.78. The third-order valence-electron chi connectivity index (χ3n) is 1.33. The van der Waals surface area contributed by atoms with Crippen LogP contribution in [-0.2, 0) is 0 Å². The van der Waals surface area contributed by atoms with E-state index in [2.05, 4.69) is 15.9 Å². The Balaban J connectivity index is 2.78. The molecule has 0 unspecified atom stereocenters. The molecule has 0 fully saturated rings. The van der Waals surface area contributed by atoms with Crippen LogP contribution in [0.15, 0.2) is 22.7 Å². The molecule has 0 spiro atoms. The van der Waals surface area contributed by atoms with Crippen LogP contribution in [0.25, 0.3) is 0 Å². The fourth-order valence-corrected chi connectivity index (χ4v) is 1.13. The third kappa shape index (κ3) is 2.12. The van der Waals surface area contributed by atoms with Gasteiger partial charge in [0.2, 0.25) is 0 Å². The molecule has 0 aliphatic heterocycles. The first-order chi connectivity index (χ1) is 5.75. The minimum Gasteiger partial charge on any atom is -0.503 e. The molecule has 1 aromatic carbocycles. The van der Waals surface area contributed by atoms with E-state index in [1.165, 1.54) is 0 Å². The molecule has 1 aromatic rings. The van der Waals surface area contributed by atoms with Gasteiger partial charge in [-0.05, 0) is 28.1 Å². The largest absolute Gasteiger partial charge is 0.503 e. The zero-order valence-corrected chi connectivity index (χ0v) is 8.04. The molecule has 0 amide bonds. The number of aromatic hydroxyl groups is 1. The number of para-hydroxylation sites is 1.